The van der Waals surface area contributed by atoms with Crippen molar-refractivity contribution in [1.29, 1.82) is 5.26 Å². The standard InChI is InChI=1S/C5H9NS.C5H10.C2H3N/c1-4(6)3-5(2)7;1-4-5(2)3;1-2-3/h3,7H,2,6H2,1H3;2,4H2,1,3H3;1H3/b4-3-;;. The summed E-state index contributed by atoms with van der Waals surface area (Å²) in [6, 6.07) is 1.75. The molecule has 0 rings (SSSR count). The zero-order chi connectivity index (χ0) is 12.9. The van der Waals surface area contributed by atoms with E-state index in [1.807, 2.05) is 6.92 Å². The summed E-state index contributed by atoms with van der Waals surface area (Å²) in [5, 5.41) is 7.32. The molecule has 0 heterocycles. The van der Waals surface area contributed by atoms with E-state index in [4.69, 9.17) is 11.0 Å². The summed E-state index contributed by atoms with van der Waals surface area (Å²) in [6.07, 6.45) is 2.81. The Morgan fingerprint density at radius 2 is 1.73 bits per heavy atom. The Balaban J connectivity index is -0.000000158. The minimum Gasteiger partial charge on any atom is -0.402 e. The summed E-state index contributed by atoms with van der Waals surface area (Å²) in [6.45, 7) is 14.5. The lowest BCUT2D eigenvalue weighted by Crippen LogP contribution is -1.88. The van der Waals surface area contributed by atoms with E-state index in [1.54, 1.807) is 19.1 Å². The van der Waals surface area contributed by atoms with Gasteiger partial charge in [0, 0.05) is 12.6 Å². The summed E-state index contributed by atoms with van der Waals surface area (Å²) >= 11 is 3.89. The van der Waals surface area contributed by atoms with Crippen LogP contribution in [0, 0.1) is 11.3 Å². The predicted octanol–water partition coefficient (Wildman–Crippen LogP) is 3.79. The predicted molar refractivity (Wildman–Crippen MR) is 72.5 cm³/mol. The van der Waals surface area contributed by atoms with Gasteiger partial charge in [0.05, 0.1) is 6.07 Å². The number of nitrogens with zero attached hydrogens (tertiary/aromatic N) is 1. The first-order valence-corrected chi connectivity index (χ1v) is 5.03. The van der Waals surface area contributed by atoms with E-state index in [-0.39, 0.29) is 0 Å². The van der Waals surface area contributed by atoms with Gasteiger partial charge in [-0.25, -0.2) is 0 Å². The highest BCUT2D eigenvalue weighted by Gasteiger charge is 1.75. The van der Waals surface area contributed by atoms with Crippen LogP contribution in [0.4, 0.5) is 0 Å². The van der Waals surface area contributed by atoms with E-state index < -0.39 is 0 Å². The lowest BCUT2D eigenvalue weighted by atomic mass is 10.3. The quantitative estimate of drug-likeness (QED) is 0.427. The van der Waals surface area contributed by atoms with Gasteiger partial charge in [0.25, 0.3) is 0 Å². The van der Waals surface area contributed by atoms with Gasteiger partial charge in [0.2, 0.25) is 0 Å². The lowest BCUT2D eigenvalue weighted by molar-refractivity contribution is 1.11. The van der Waals surface area contributed by atoms with E-state index in [0.717, 1.165) is 12.1 Å². The smallest absolute Gasteiger partial charge is 0.0587 e. The highest BCUT2D eigenvalue weighted by Crippen LogP contribution is 1.97. The zero-order valence-electron chi connectivity index (χ0n) is 10.2. The maximum Gasteiger partial charge on any atom is 0.0587 e. The zero-order valence-corrected chi connectivity index (χ0v) is 11.1. The van der Waals surface area contributed by atoms with Crippen LogP contribution >= 0.6 is 12.6 Å². The maximum absolute atomic E-state index is 7.32. The van der Waals surface area contributed by atoms with E-state index in [0.29, 0.717) is 4.91 Å². The molecule has 0 bridgehead atoms. The Morgan fingerprint density at radius 1 is 1.47 bits per heavy atom. The molecular formula is C12H22N2S. The van der Waals surface area contributed by atoms with Crippen LogP contribution in [-0.4, -0.2) is 0 Å². The van der Waals surface area contributed by atoms with Crippen LogP contribution in [0.3, 0.4) is 0 Å². The Morgan fingerprint density at radius 3 is 1.73 bits per heavy atom. The number of allylic oxidation sites excluding steroid dienone is 3. The van der Waals surface area contributed by atoms with Crippen LogP contribution in [0.15, 0.2) is 35.4 Å². The van der Waals surface area contributed by atoms with E-state index in [2.05, 4.69) is 32.7 Å². The Kier molecular flexibility index (Phi) is 19.9. The molecular weight excluding hydrogens is 204 g/mol. The molecule has 15 heavy (non-hydrogen) atoms. The van der Waals surface area contributed by atoms with E-state index in [1.165, 1.54) is 12.5 Å². The number of rotatable bonds is 2. The lowest BCUT2D eigenvalue weighted by Gasteiger charge is -1.85. The molecule has 0 spiro atoms. The molecule has 0 aliphatic carbocycles. The van der Waals surface area contributed by atoms with Gasteiger partial charge in [-0.2, -0.15) is 5.26 Å². The number of nitriles is 1. The molecule has 0 aromatic rings. The van der Waals surface area contributed by atoms with Crippen molar-refractivity contribution in [1.82, 2.24) is 0 Å². The Bertz CT molecular complexity index is 243. The molecule has 0 saturated heterocycles. The maximum atomic E-state index is 7.32. The number of thiol groups is 1. The molecule has 0 unspecified atom stereocenters. The van der Waals surface area contributed by atoms with Gasteiger partial charge in [-0.15, -0.1) is 19.2 Å². The molecule has 0 aromatic heterocycles. The minimum absolute atomic E-state index is 0.694. The van der Waals surface area contributed by atoms with Crippen molar-refractivity contribution in [2.45, 2.75) is 34.1 Å². The number of nitrogens with two attached hydrogens (primary N) is 1. The fourth-order valence-corrected chi connectivity index (χ4v) is 0.466. The fourth-order valence-electron chi connectivity index (χ4n) is 0.263. The molecule has 2 nitrogen and oxygen atoms in total. The molecule has 0 atom stereocenters. The van der Waals surface area contributed by atoms with Crippen molar-refractivity contribution in [3.05, 3.63) is 35.4 Å². The first-order valence-electron chi connectivity index (χ1n) is 4.58. The third-order valence-electron chi connectivity index (χ3n) is 0.998. The van der Waals surface area contributed by atoms with Crippen molar-refractivity contribution < 1.29 is 0 Å². The van der Waals surface area contributed by atoms with Crippen LogP contribution < -0.4 is 5.73 Å². The van der Waals surface area contributed by atoms with E-state index >= 15 is 0 Å². The monoisotopic (exact) mass is 226 g/mol. The van der Waals surface area contributed by atoms with Gasteiger partial charge in [0.15, 0.2) is 0 Å². The molecule has 0 fully saturated rings. The Hall–Kier alpha value is -1.14. The largest absolute Gasteiger partial charge is 0.402 e. The van der Waals surface area contributed by atoms with E-state index in [9.17, 15) is 0 Å². The van der Waals surface area contributed by atoms with Crippen molar-refractivity contribution in [2.24, 2.45) is 5.73 Å². The SMILES string of the molecule is C=C(C)CC.C=C(S)/C=C(/C)N.CC#N. The van der Waals surface area contributed by atoms with Crippen molar-refractivity contribution >= 4 is 12.6 Å². The van der Waals surface area contributed by atoms with Crippen LogP contribution in [0.2, 0.25) is 0 Å². The molecule has 0 aromatic carbocycles. The molecule has 2 N–H and O–H groups in total. The van der Waals surface area contributed by atoms with Crippen LogP contribution in [0.5, 0.6) is 0 Å². The van der Waals surface area contributed by atoms with Crippen molar-refractivity contribution in [2.75, 3.05) is 0 Å². The molecule has 0 saturated carbocycles. The normalized spacial score (nSPS) is 8.40. The third-order valence-corrected chi connectivity index (χ3v) is 1.13. The van der Waals surface area contributed by atoms with Gasteiger partial charge in [0.1, 0.15) is 0 Å². The first kappa shape index (κ1) is 19.4. The highest BCUT2D eigenvalue weighted by molar-refractivity contribution is 7.84. The summed E-state index contributed by atoms with van der Waals surface area (Å²) in [5.41, 5.74) is 7.24. The molecule has 0 amide bonds. The average molecular weight is 226 g/mol. The van der Waals surface area contributed by atoms with Gasteiger partial charge in [-0.1, -0.05) is 19.1 Å². The second-order valence-electron chi connectivity index (χ2n) is 2.91. The van der Waals surface area contributed by atoms with Crippen LogP contribution in [-0.2, 0) is 0 Å². The molecule has 3 heteroatoms. The highest BCUT2D eigenvalue weighted by atomic mass is 32.1. The Labute approximate surface area is 99.6 Å². The van der Waals surface area contributed by atoms with Crippen molar-refractivity contribution in [3.63, 3.8) is 0 Å². The molecule has 86 valence electrons. The second kappa shape index (κ2) is 15.3. The van der Waals surface area contributed by atoms with Crippen LogP contribution in [0.1, 0.15) is 34.1 Å². The minimum atomic E-state index is 0.694. The van der Waals surface area contributed by atoms with Gasteiger partial charge < -0.3 is 5.73 Å². The molecule has 0 radical (unpaired) electrons. The first-order chi connectivity index (χ1) is 6.81. The van der Waals surface area contributed by atoms with Gasteiger partial charge >= 0.3 is 0 Å². The molecule has 0 aliphatic heterocycles. The topological polar surface area (TPSA) is 49.8 Å². The second-order valence-corrected chi connectivity index (χ2v) is 3.49. The van der Waals surface area contributed by atoms with Gasteiger partial charge in [-0.3, -0.25) is 0 Å². The van der Waals surface area contributed by atoms with Crippen LogP contribution in [0.25, 0.3) is 0 Å². The number of hydrogen-bond acceptors (Lipinski definition) is 3. The third kappa shape index (κ3) is 64.2. The fraction of sp³-hybridized carbons (Fsp3) is 0.417. The summed E-state index contributed by atoms with van der Waals surface area (Å²) in [4.78, 5) is 0.694. The average Bonchev–Trinajstić information content (AvgIpc) is 2.04. The molecule has 0 aliphatic rings. The summed E-state index contributed by atoms with van der Waals surface area (Å²) in [5.74, 6) is 0. The van der Waals surface area contributed by atoms with Gasteiger partial charge in [-0.05, 0) is 31.2 Å². The van der Waals surface area contributed by atoms with Crippen molar-refractivity contribution in [3.8, 4) is 6.07 Å². The summed E-state index contributed by atoms with van der Waals surface area (Å²) < 4.78 is 0. The summed E-state index contributed by atoms with van der Waals surface area (Å²) in [7, 11) is 0. The number of hydrogen-bond donors (Lipinski definition) is 2.